The molecule has 0 radical (unpaired) electrons. The Balaban J connectivity index is 1.80. The summed E-state index contributed by atoms with van der Waals surface area (Å²) in [4.78, 5) is 7.55. The van der Waals surface area contributed by atoms with Gasteiger partial charge in [0.25, 0.3) is 0 Å². The zero-order valence-electron chi connectivity index (χ0n) is 15.9. The van der Waals surface area contributed by atoms with E-state index in [0.29, 0.717) is 23.9 Å². The first-order valence-electron chi connectivity index (χ1n) is 9.61. The zero-order valence-corrected chi connectivity index (χ0v) is 16.8. The fraction of sp³-hybridized carbons (Fsp3) is 0.632. The number of aliphatic imine (C=N–C) groups is 1. The lowest BCUT2D eigenvalue weighted by Gasteiger charge is -2.21. The molecule has 0 aromatic heterocycles. The van der Waals surface area contributed by atoms with Gasteiger partial charge >= 0.3 is 0 Å². The minimum Gasteiger partial charge on any atom is -0.357 e. The molecule has 1 aromatic rings. The fourth-order valence-electron chi connectivity index (χ4n) is 3.27. The SMILES string of the molecule is CCNC(=NCC1CCCN1CC)NCCCS(=O)(=O)c1ccccc1. The van der Waals surface area contributed by atoms with Gasteiger partial charge in [-0.15, -0.1) is 0 Å². The summed E-state index contributed by atoms with van der Waals surface area (Å²) in [5.74, 6) is 0.905. The molecule has 0 spiro atoms. The second kappa shape index (κ2) is 10.5. The monoisotopic (exact) mass is 380 g/mol. The van der Waals surface area contributed by atoms with E-state index in [-0.39, 0.29) is 5.75 Å². The molecular weight excluding hydrogens is 348 g/mol. The Bertz CT molecular complexity index is 661. The molecule has 26 heavy (non-hydrogen) atoms. The van der Waals surface area contributed by atoms with Crippen LogP contribution in [0.5, 0.6) is 0 Å². The summed E-state index contributed by atoms with van der Waals surface area (Å²) in [5, 5.41) is 6.50. The Morgan fingerprint density at radius 2 is 2.00 bits per heavy atom. The molecule has 1 atom stereocenters. The summed E-state index contributed by atoms with van der Waals surface area (Å²) in [6.07, 6.45) is 2.99. The molecule has 7 heteroatoms. The molecule has 1 unspecified atom stereocenters. The van der Waals surface area contributed by atoms with Crippen LogP contribution in [0.15, 0.2) is 40.2 Å². The Morgan fingerprint density at radius 3 is 2.69 bits per heavy atom. The minimum absolute atomic E-state index is 0.135. The maximum Gasteiger partial charge on any atom is 0.191 e. The molecule has 1 aliphatic heterocycles. The van der Waals surface area contributed by atoms with Crippen LogP contribution in [0.3, 0.4) is 0 Å². The van der Waals surface area contributed by atoms with Crippen LogP contribution >= 0.6 is 0 Å². The van der Waals surface area contributed by atoms with Gasteiger partial charge in [0.1, 0.15) is 0 Å². The zero-order chi connectivity index (χ0) is 18.8. The second-order valence-electron chi connectivity index (χ2n) is 6.56. The summed E-state index contributed by atoms with van der Waals surface area (Å²) in [5.41, 5.74) is 0. The number of nitrogens with one attached hydrogen (secondary N) is 2. The predicted molar refractivity (Wildman–Crippen MR) is 107 cm³/mol. The smallest absolute Gasteiger partial charge is 0.191 e. The van der Waals surface area contributed by atoms with Crippen LogP contribution < -0.4 is 10.6 Å². The highest BCUT2D eigenvalue weighted by atomic mass is 32.2. The van der Waals surface area contributed by atoms with E-state index in [4.69, 9.17) is 0 Å². The summed E-state index contributed by atoms with van der Waals surface area (Å²) >= 11 is 0. The van der Waals surface area contributed by atoms with Crippen molar-refractivity contribution in [3.63, 3.8) is 0 Å². The number of likely N-dealkylation sites (tertiary alicyclic amines) is 1. The van der Waals surface area contributed by atoms with Gasteiger partial charge in [-0.2, -0.15) is 0 Å². The first-order chi connectivity index (χ1) is 12.6. The van der Waals surface area contributed by atoms with E-state index < -0.39 is 9.84 Å². The molecule has 0 amide bonds. The quantitative estimate of drug-likeness (QED) is 0.389. The lowest BCUT2D eigenvalue weighted by Crippen LogP contribution is -2.40. The lowest BCUT2D eigenvalue weighted by molar-refractivity contribution is 0.273. The van der Waals surface area contributed by atoms with E-state index in [1.165, 1.54) is 12.8 Å². The van der Waals surface area contributed by atoms with Gasteiger partial charge in [-0.3, -0.25) is 9.89 Å². The van der Waals surface area contributed by atoms with Gasteiger partial charge in [-0.25, -0.2) is 8.42 Å². The summed E-state index contributed by atoms with van der Waals surface area (Å²) in [6, 6.07) is 9.15. The van der Waals surface area contributed by atoms with Gasteiger partial charge in [0.15, 0.2) is 15.8 Å². The van der Waals surface area contributed by atoms with E-state index in [9.17, 15) is 8.42 Å². The Labute approximate surface area is 158 Å². The van der Waals surface area contributed by atoms with E-state index in [1.54, 1.807) is 24.3 Å². The van der Waals surface area contributed by atoms with Crippen LogP contribution in [-0.4, -0.2) is 63.8 Å². The molecule has 2 N–H and O–H groups in total. The Kier molecular flexibility index (Phi) is 8.38. The molecule has 146 valence electrons. The Morgan fingerprint density at radius 1 is 1.23 bits per heavy atom. The predicted octanol–water partition coefficient (Wildman–Crippen LogP) is 1.89. The number of hydrogen-bond donors (Lipinski definition) is 2. The van der Waals surface area contributed by atoms with Gasteiger partial charge in [0.05, 0.1) is 17.2 Å². The molecule has 0 saturated carbocycles. The number of guanidine groups is 1. The van der Waals surface area contributed by atoms with Crippen molar-refractivity contribution in [1.29, 1.82) is 0 Å². The second-order valence-corrected chi connectivity index (χ2v) is 8.67. The van der Waals surface area contributed by atoms with Crippen LogP contribution in [0.4, 0.5) is 0 Å². The highest BCUT2D eigenvalue weighted by molar-refractivity contribution is 7.91. The van der Waals surface area contributed by atoms with Crippen LogP contribution in [0.2, 0.25) is 0 Å². The van der Waals surface area contributed by atoms with E-state index in [2.05, 4.69) is 27.4 Å². The number of benzene rings is 1. The van der Waals surface area contributed by atoms with Gasteiger partial charge in [0.2, 0.25) is 0 Å². The van der Waals surface area contributed by atoms with E-state index in [0.717, 1.165) is 32.1 Å². The van der Waals surface area contributed by atoms with Gasteiger partial charge in [-0.1, -0.05) is 25.1 Å². The molecule has 0 aliphatic carbocycles. The number of nitrogens with zero attached hydrogens (tertiary/aromatic N) is 2. The van der Waals surface area contributed by atoms with Crippen molar-refractivity contribution in [2.75, 3.05) is 38.5 Å². The van der Waals surface area contributed by atoms with Crippen LogP contribution in [0, 0.1) is 0 Å². The number of sulfone groups is 1. The van der Waals surface area contributed by atoms with Gasteiger partial charge < -0.3 is 10.6 Å². The van der Waals surface area contributed by atoms with Gasteiger partial charge in [0, 0.05) is 19.1 Å². The molecule has 1 heterocycles. The minimum atomic E-state index is -3.21. The largest absolute Gasteiger partial charge is 0.357 e. The van der Waals surface area contributed by atoms with E-state index in [1.807, 2.05) is 13.0 Å². The van der Waals surface area contributed by atoms with Crippen LogP contribution in [0.1, 0.15) is 33.1 Å². The average Bonchev–Trinajstić information content (AvgIpc) is 3.11. The fourth-order valence-corrected chi connectivity index (χ4v) is 4.60. The maximum absolute atomic E-state index is 12.3. The molecule has 1 fully saturated rings. The summed E-state index contributed by atoms with van der Waals surface area (Å²) < 4.78 is 24.6. The normalized spacial score (nSPS) is 18.8. The molecule has 1 aliphatic rings. The van der Waals surface area contributed by atoms with Crippen LogP contribution in [-0.2, 0) is 9.84 Å². The molecule has 1 saturated heterocycles. The third-order valence-electron chi connectivity index (χ3n) is 4.69. The van der Waals surface area contributed by atoms with Crippen molar-refractivity contribution in [3.05, 3.63) is 30.3 Å². The third-order valence-corrected chi connectivity index (χ3v) is 6.51. The molecule has 0 bridgehead atoms. The molecule has 2 rings (SSSR count). The lowest BCUT2D eigenvalue weighted by atomic mass is 10.2. The Hall–Kier alpha value is -1.60. The first kappa shape index (κ1) is 20.7. The molecular formula is C19H32N4O2S. The van der Waals surface area contributed by atoms with Crippen molar-refractivity contribution in [2.24, 2.45) is 4.99 Å². The average molecular weight is 381 g/mol. The number of likely N-dealkylation sites (N-methyl/N-ethyl adjacent to an activating group) is 1. The molecule has 1 aromatic carbocycles. The third kappa shape index (κ3) is 6.29. The highest BCUT2D eigenvalue weighted by Gasteiger charge is 2.22. The first-order valence-corrected chi connectivity index (χ1v) is 11.3. The van der Waals surface area contributed by atoms with Gasteiger partial charge in [-0.05, 0) is 51.4 Å². The van der Waals surface area contributed by atoms with Crippen molar-refractivity contribution in [3.8, 4) is 0 Å². The highest BCUT2D eigenvalue weighted by Crippen LogP contribution is 2.16. The number of rotatable bonds is 9. The van der Waals surface area contributed by atoms with Crippen molar-refractivity contribution >= 4 is 15.8 Å². The maximum atomic E-state index is 12.3. The van der Waals surface area contributed by atoms with Crippen molar-refractivity contribution in [2.45, 2.75) is 44.0 Å². The molecule has 6 nitrogen and oxygen atoms in total. The van der Waals surface area contributed by atoms with Crippen molar-refractivity contribution in [1.82, 2.24) is 15.5 Å². The topological polar surface area (TPSA) is 73.8 Å². The standard InChI is InChI=1S/C19H32N4O2S/c1-3-20-19(22-16-17-10-8-14-23(17)4-2)21-13-9-15-26(24,25)18-11-6-5-7-12-18/h5-7,11-12,17H,3-4,8-10,13-16H2,1-2H3,(H2,20,21,22). The van der Waals surface area contributed by atoms with Crippen LogP contribution in [0.25, 0.3) is 0 Å². The van der Waals surface area contributed by atoms with Crippen molar-refractivity contribution < 1.29 is 8.42 Å². The summed E-state index contributed by atoms with van der Waals surface area (Å²) in [7, 11) is -3.21. The van der Waals surface area contributed by atoms with E-state index >= 15 is 0 Å². The number of hydrogen-bond acceptors (Lipinski definition) is 4. The summed E-state index contributed by atoms with van der Waals surface area (Å²) in [6.45, 7) is 8.62.